The zero-order valence-corrected chi connectivity index (χ0v) is 18.4. The number of aliphatic hydroxyl groups excluding tert-OH is 1. The van der Waals surface area contributed by atoms with Crippen LogP contribution in [0.4, 0.5) is 11.5 Å². The van der Waals surface area contributed by atoms with Gasteiger partial charge in [0.1, 0.15) is 22.7 Å². The molecule has 6 nitrogen and oxygen atoms in total. The molecule has 0 saturated carbocycles. The summed E-state index contributed by atoms with van der Waals surface area (Å²) in [4.78, 5) is 21.2. The molecule has 1 N–H and O–H groups in total. The molecule has 156 valence electrons. The van der Waals surface area contributed by atoms with E-state index in [1.165, 1.54) is 11.8 Å². The molecule has 0 atom stereocenters. The average molecular weight is 423 g/mol. The predicted octanol–water partition coefficient (Wildman–Crippen LogP) is 4.31. The maximum Gasteiger partial charge on any atom is 0.232 e. The number of Topliss-reactive ketones (excluding diaryl/α,β-unsaturated/α-hetero) is 1. The summed E-state index contributed by atoms with van der Waals surface area (Å²) >= 11 is 1.47. The highest BCUT2D eigenvalue weighted by atomic mass is 32.2. The molecule has 1 aromatic heterocycles. The van der Waals surface area contributed by atoms with Gasteiger partial charge in [-0.15, -0.1) is 11.8 Å². The van der Waals surface area contributed by atoms with Gasteiger partial charge in [0.15, 0.2) is 0 Å². The molecular formula is C23H26N4O2S. The van der Waals surface area contributed by atoms with Crippen molar-refractivity contribution in [3.05, 3.63) is 57.9 Å². The summed E-state index contributed by atoms with van der Waals surface area (Å²) in [7, 11) is 1.78. The number of aryl methyl sites for hydroxylation is 1. The lowest BCUT2D eigenvalue weighted by Crippen LogP contribution is -2.23. The van der Waals surface area contributed by atoms with Crippen molar-refractivity contribution < 1.29 is 9.90 Å². The van der Waals surface area contributed by atoms with Gasteiger partial charge in [0.05, 0.1) is 18.7 Å². The first-order valence-electron chi connectivity index (χ1n) is 9.81. The number of nitriles is 1. The molecule has 2 rings (SSSR count). The first kappa shape index (κ1) is 23.4. The fraction of sp³-hybridized carbons (Fsp3) is 0.391. The quantitative estimate of drug-likeness (QED) is 0.454. The highest BCUT2D eigenvalue weighted by Crippen LogP contribution is 2.38. The van der Waals surface area contributed by atoms with Crippen LogP contribution >= 0.6 is 11.8 Å². The van der Waals surface area contributed by atoms with E-state index < -0.39 is 0 Å². The number of nitrogens with zero attached hydrogens (tertiary/aromatic N) is 4. The van der Waals surface area contributed by atoms with Gasteiger partial charge in [-0.2, -0.15) is 5.26 Å². The highest BCUT2D eigenvalue weighted by Gasteiger charge is 2.21. The van der Waals surface area contributed by atoms with E-state index in [-0.39, 0.29) is 12.4 Å². The van der Waals surface area contributed by atoms with Crippen LogP contribution in [0, 0.1) is 17.9 Å². The summed E-state index contributed by atoms with van der Waals surface area (Å²) in [6, 6.07) is 10.3. The van der Waals surface area contributed by atoms with Crippen LogP contribution in [-0.4, -0.2) is 36.1 Å². The Balaban J connectivity index is 2.30. The highest BCUT2D eigenvalue weighted by molar-refractivity contribution is 7.98. The zero-order valence-electron chi connectivity index (χ0n) is 17.6. The molecule has 0 radical (unpaired) electrons. The molecular weight excluding hydrogens is 396 g/mol. The lowest BCUT2D eigenvalue weighted by atomic mass is 10.1. The van der Waals surface area contributed by atoms with Crippen LogP contribution in [0.2, 0.25) is 0 Å². The Labute approximate surface area is 182 Å². The van der Waals surface area contributed by atoms with Gasteiger partial charge in [0.25, 0.3) is 0 Å². The minimum Gasteiger partial charge on any atom is -0.395 e. The first-order chi connectivity index (χ1) is 14.4. The van der Waals surface area contributed by atoms with Crippen molar-refractivity contribution in [2.75, 3.05) is 25.1 Å². The van der Waals surface area contributed by atoms with Crippen LogP contribution < -0.4 is 4.90 Å². The number of hydrogen-bond acceptors (Lipinski definition) is 6. The minimum absolute atomic E-state index is 0.0461. The Kier molecular flexibility index (Phi) is 8.86. The van der Waals surface area contributed by atoms with E-state index in [1.54, 1.807) is 18.9 Å². The number of pyridine rings is 1. The molecule has 2 aromatic rings. The number of thioether (sulfide) groups is 1. The van der Waals surface area contributed by atoms with E-state index in [9.17, 15) is 15.2 Å². The average Bonchev–Trinajstić information content (AvgIpc) is 2.75. The Bertz CT molecular complexity index is 975. The van der Waals surface area contributed by atoms with Crippen molar-refractivity contribution in [2.24, 2.45) is 0 Å². The van der Waals surface area contributed by atoms with E-state index in [4.69, 9.17) is 6.57 Å². The van der Waals surface area contributed by atoms with Gasteiger partial charge in [-0.1, -0.05) is 31.2 Å². The summed E-state index contributed by atoms with van der Waals surface area (Å²) in [6.07, 6.45) is 1.84. The SMILES string of the molecule is [C-]#[N+]c1c(N(C)CCO)nc(SCc2ccc(CCC(C)=O)cc2)c(C#N)c1CC. The number of hydrogen-bond donors (Lipinski definition) is 1. The van der Waals surface area contributed by atoms with Crippen molar-refractivity contribution in [1.82, 2.24) is 4.98 Å². The third-order valence-corrected chi connectivity index (χ3v) is 5.81. The van der Waals surface area contributed by atoms with E-state index in [0.29, 0.717) is 52.8 Å². The van der Waals surface area contributed by atoms with Gasteiger partial charge < -0.3 is 14.8 Å². The molecule has 0 saturated heterocycles. The molecule has 1 heterocycles. The van der Waals surface area contributed by atoms with E-state index in [0.717, 1.165) is 17.5 Å². The van der Waals surface area contributed by atoms with Crippen molar-refractivity contribution in [1.29, 1.82) is 5.26 Å². The van der Waals surface area contributed by atoms with E-state index in [2.05, 4.69) is 15.9 Å². The van der Waals surface area contributed by atoms with E-state index in [1.807, 2.05) is 31.2 Å². The van der Waals surface area contributed by atoms with Crippen LogP contribution in [0.15, 0.2) is 29.3 Å². The smallest absolute Gasteiger partial charge is 0.232 e. The molecule has 0 unspecified atom stereocenters. The lowest BCUT2D eigenvalue weighted by Gasteiger charge is -2.22. The molecule has 0 aliphatic heterocycles. The summed E-state index contributed by atoms with van der Waals surface area (Å²) in [5.41, 5.74) is 3.74. The number of anilines is 1. The lowest BCUT2D eigenvalue weighted by molar-refractivity contribution is -0.116. The second-order valence-corrected chi connectivity index (χ2v) is 7.94. The maximum atomic E-state index is 11.1. The number of aromatic nitrogens is 1. The fourth-order valence-corrected chi connectivity index (χ4v) is 4.03. The van der Waals surface area contributed by atoms with Crippen molar-refractivity contribution in [2.45, 2.75) is 43.9 Å². The maximum absolute atomic E-state index is 11.1. The van der Waals surface area contributed by atoms with Crippen molar-refractivity contribution >= 4 is 29.1 Å². The second-order valence-electron chi connectivity index (χ2n) is 6.97. The summed E-state index contributed by atoms with van der Waals surface area (Å²) in [6.45, 7) is 11.4. The molecule has 0 spiro atoms. The predicted molar refractivity (Wildman–Crippen MR) is 120 cm³/mol. The third kappa shape index (κ3) is 5.82. The Morgan fingerprint density at radius 1 is 1.33 bits per heavy atom. The monoisotopic (exact) mass is 422 g/mol. The van der Waals surface area contributed by atoms with Crippen LogP contribution in [0.25, 0.3) is 4.85 Å². The number of benzene rings is 1. The standard InChI is InChI=1S/C23H26N4O2S/c1-5-19-20(14-24)23(26-22(21(19)25-3)27(4)12-13-28)30-15-18-10-8-17(9-11-18)7-6-16(2)29/h8-11,28H,5-7,12-13,15H2,1-2,4H3. The van der Waals surface area contributed by atoms with E-state index >= 15 is 0 Å². The van der Waals surface area contributed by atoms with Gasteiger partial charge in [-0.05, 0) is 36.5 Å². The van der Waals surface area contributed by atoms with Crippen LogP contribution in [0.3, 0.4) is 0 Å². The largest absolute Gasteiger partial charge is 0.395 e. The molecule has 0 bridgehead atoms. The molecule has 0 aliphatic rings. The van der Waals surface area contributed by atoms with Gasteiger partial charge >= 0.3 is 0 Å². The molecule has 0 aliphatic carbocycles. The van der Waals surface area contributed by atoms with Crippen LogP contribution in [-0.2, 0) is 23.4 Å². The molecule has 0 fully saturated rings. The van der Waals surface area contributed by atoms with Crippen molar-refractivity contribution in [3.63, 3.8) is 0 Å². The topological polar surface area (TPSA) is 81.6 Å². The molecule has 7 heteroatoms. The number of carbonyl (C=O) groups excluding carboxylic acids is 1. The zero-order chi connectivity index (χ0) is 22.1. The number of ketones is 1. The molecule has 0 amide bonds. The van der Waals surface area contributed by atoms with Crippen LogP contribution in [0.1, 0.15) is 42.5 Å². The number of likely N-dealkylation sites (N-methyl/N-ethyl adjacent to an activating group) is 1. The second kappa shape index (κ2) is 11.3. The van der Waals surface area contributed by atoms with Gasteiger partial charge in [0.2, 0.25) is 5.69 Å². The molecule has 30 heavy (non-hydrogen) atoms. The Morgan fingerprint density at radius 3 is 2.53 bits per heavy atom. The normalized spacial score (nSPS) is 10.3. The van der Waals surface area contributed by atoms with Crippen molar-refractivity contribution in [3.8, 4) is 6.07 Å². The van der Waals surface area contributed by atoms with Gasteiger partial charge in [-0.25, -0.2) is 9.83 Å². The number of rotatable bonds is 10. The van der Waals surface area contributed by atoms with Gasteiger partial charge in [0, 0.05) is 25.8 Å². The van der Waals surface area contributed by atoms with Crippen LogP contribution in [0.5, 0.6) is 0 Å². The summed E-state index contributed by atoms with van der Waals surface area (Å²) in [5.74, 6) is 1.32. The third-order valence-electron chi connectivity index (χ3n) is 4.76. The van der Waals surface area contributed by atoms with Gasteiger partial charge in [-0.3, -0.25) is 0 Å². The number of aliphatic hydroxyl groups is 1. The Hall–Kier alpha value is -2.87. The summed E-state index contributed by atoms with van der Waals surface area (Å²) < 4.78 is 0. The fourth-order valence-electron chi connectivity index (χ4n) is 3.07. The first-order valence-corrected chi connectivity index (χ1v) is 10.8. The number of carbonyl (C=O) groups is 1. The minimum atomic E-state index is -0.0461. The summed E-state index contributed by atoms with van der Waals surface area (Å²) in [5, 5.41) is 19.6. The Morgan fingerprint density at radius 2 is 2.00 bits per heavy atom. The molecule has 1 aromatic carbocycles.